The molecule has 1 N–H and O–H groups in total. The summed E-state index contributed by atoms with van der Waals surface area (Å²) in [6.45, 7) is 5.07. The number of rotatable bonds is 4. The summed E-state index contributed by atoms with van der Waals surface area (Å²) in [4.78, 5) is 7.39. The summed E-state index contributed by atoms with van der Waals surface area (Å²) in [7, 11) is 0. The topological polar surface area (TPSA) is 36.4 Å². The minimum atomic E-state index is -0.180. The highest BCUT2D eigenvalue weighted by atomic mass is 32.1. The highest BCUT2D eigenvalue weighted by Crippen LogP contribution is 2.34. The van der Waals surface area contributed by atoms with E-state index >= 15 is 0 Å². The average molecular weight is 308 g/mol. The molecule has 4 heteroatoms. The molecule has 1 aromatic heterocycles. The van der Waals surface area contributed by atoms with Crippen LogP contribution in [0, 0.1) is 5.92 Å². The number of aromatic nitrogens is 1. The number of nitrogens with zero attached hydrogens (tertiary/aromatic N) is 2. The first kappa shape index (κ1) is 15.4. The van der Waals surface area contributed by atoms with Crippen molar-refractivity contribution in [2.45, 2.75) is 70.4 Å². The Bertz CT molecular complexity index is 440. The molecule has 21 heavy (non-hydrogen) atoms. The fraction of sp³-hybridized carbons (Fsp3) is 0.824. The van der Waals surface area contributed by atoms with Gasteiger partial charge in [0.25, 0.3) is 0 Å². The van der Waals surface area contributed by atoms with Crippen LogP contribution in [0.15, 0.2) is 5.38 Å². The first-order valence-corrected chi connectivity index (χ1v) is 9.45. The lowest BCUT2D eigenvalue weighted by atomic mass is 9.90. The monoisotopic (exact) mass is 308 g/mol. The highest BCUT2D eigenvalue weighted by Gasteiger charge is 2.24. The van der Waals surface area contributed by atoms with E-state index in [1.165, 1.54) is 55.6 Å². The van der Waals surface area contributed by atoms with E-state index in [1.54, 1.807) is 0 Å². The van der Waals surface area contributed by atoms with Gasteiger partial charge in [0.1, 0.15) is 0 Å². The molecule has 2 atom stereocenters. The molecule has 2 unspecified atom stereocenters. The fourth-order valence-corrected chi connectivity index (χ4v) is 4.77. The highest BCUT2D eigenvalue weighted by molar-refractivity contribution is 7.09. The molecule has 1 aromatic rings. The van der Waals surface area contributed by atoms with Gasteiger partial charge in [0.2, 0.25) is 0 Å². The summed E-state index contributed by atoms with van der Waals surface area (Å²) >= 11 is 1.86. The van der Waals surface area contributed by atoms with Gasteiger partial charge >= 0.3 is 0 Å². The Labute approximate surface area is 132 Å². The lowest BCUT2D eigenvalue weighted by Gasteiger charge is -2.33. The third kappa shape index (κ3) is 4.05. The van der Waals surface area contributed by atoms with Crippen molar-refractivity contribution in [2.24, 2.45) is 5.92 Å². The third-order valence-electron chi connectivity index (χ3n) is 5.13. The van der Waals surface area contributed by atoms with E-state index in [0.717, 1.165) is 25.6 Å². The molecule has 0 radical (unpaired) electrons. The molecule has 1 aliphatic heterocycles. The first-order chi connectivity index (χ1) is 10.2. The summed E-state index contributed by atoms with van der Waals surface area (Å²) in [6, 6.07) is 0. The Morgan fingerprint density at radius 3 is 2.86 bits per heavy atom. The fourth-order valence-electron chi connectivity index (χ4n) is 3.79. The number of hydrogen-bond acceptors (Lipinski definition) is 4. The van der Waals surface area contributed by atoms with Crippen LogP contribution in [0.5, 0.6) is 0 Å². The van der Waals surface area contributed by atoms with Gasteiger partial charge in [0.05, 0.1) is 16.8 Å². The lowest BCUT2D eigenvalue weighted by Crippen LogP contribution is -2.39. The Morgan fingerprint density at radius 2 is 2.10 bits per heavy atom. The van der Waals surface area contributed by atoms with Gasteiger partial charge in [-0.1, -0.05) is 19.3 Å². The average Bonchev–Trinajstić information content (AvgIpc) is 2.97. The molecule has 0 bridgehead atoms. The second kappa shape index (κ2) is 7.21. The van der Waals surface area contributed by atoms with Crippen LogP contribution >= 0.6 is 11.3 Å². The van der Waals surface area contributed by atoms with Gasteiger partial charge in [-0.3, -0.25) is 4.90 Å². The van der Waals surface area contributed by atoms with E-state index in [0.29, 0.717) is 5.92 Å². The molecule has 3 rings (SSSR count). The van der Waals surface area contributed by atoms with Crippen molar-refractivity contribution in [2.75, 3.05) is 13.1 Å². The number of aliphatic hydroxyl groups is 1. The van der Waals surface area contributed by atoms with Crippen LogP contribution < -0.4 is 0 Å². The van der Waals surface area contributed by atoms with E-state index < -0.39 is 0 Å². The Kier molecular flexibility index (Phi) is 5.30. The SMILES string of the molecule is CC(O)C1CCCN(Cc2csc(C3CCCCC3)n2)C1. The normalized spacial score (nSPS) is 26.9. The van der Waals surface area contributed by atoms with Crippen molar-refractivity contribution in [3.63, 3.8) is 0 Å². The zero-order chi connectivity index (χ0) is 14.7. The number of thiazole rings is 1. The lowest BCUT2D eigenvalue weighted by molar-refractivity contribution is 0.0594. The van der Waals surface area contributed by atoms with Gasteiger partial charge in [0, 0.05) is 24.4 Å². The van der Waals surface area contributed by atoms with E-state index in [-0.39, 0.29) is 6.10 Å². The van der Waals surface area contributed by atoms with Gasteiger partial charge in [0.15, 0.2) is 0 Å². The van der Waals surface area contributed by atoms with E-state index in [4.69, 9.17) is 4.98 Å². The quantitative estimate of drug-likeness (QED) is 0.919. The molecule has 3 nitrogen and oxygen atoms in total. The molecule has 0 spiro atoms. The van der Waals surface area contributed by atoms with Gasteiger partial charge < -0.3 is 5.11 Å². The number of hydrogen-bond donors (Lipinski definition) is 1. The van der Waals surface area contributed by atoms with Crippen molar-refractivity contribution < 1.29 is 5.11 Å². The summed E-state index contributed by atoms with van der Waals surface area (Å²) in [5, 5.41) is 13.4. The van der Waals surface area contributed by atoms with Crippen LogP contribution in [-0.2, 0) is 6.54 Å². The smallest absolute Gasteiger partial charge is 0.0959 e. The molecular formula is C17H28N2OS. The molecular weight excluding hydrogens is 280 g/mol. The molecule has 1 saturated carbocycles. The van der Waals surface area contributed by atoms with Crippen LogP contribution in [0.4, 0.5) is 0 Å². The summed E-state index contributed by atoms with van der Waals surface area (Å²) in [6.07, 6.45) is 9.02. The molecule has 1 saturated heterocycles. The zero-order valence-corrected chi connectivity index (χ0v) is 13.9. The number of piperidine rings is 1. The maximum Gasteiger partial charge on any atom is 0.0959 e. The van der Waals surface area contributed by atoms with Crippen molar-refractivity contribution in [1.82, 2.24) is 9.88 Å². The minimum absolute atomic E-state index is 0.180. The molecule has 118 valence electrons. The predicted octanol–water partition coefficient (Wildman–Crippen LogP) is 3.78. The van der Waals surface area contributed by atoms with Gasteiger partial charge in [-0.15, -0.1) is 11.3 Å². The van der Waals surface area contributed by atoms with Gasteiger partial charge in [-0.2, -0.15) is 0 Å². The van der Waals surface area contributed by atoms with Crippen LogP contribution in [0.3, 0.4) is 0 Å². The van der Waals surface area contributed by atoms with Crippen molar-refractivity contribution >= 4 is 11.3 Å². The second-order valence-corrected chi connectivity index (χ2v) is 7.78. The Morgan fingerprint density at radius 1 is 1.29 bits per heavy atom. The first-order valence-electron chi connectivity index (χ1n) is 8.57. The molecule has 2 heterocycles. The summed E-state index contributed by atoms with van der Waals surface area (Å²) < 4.78 is 0. The van der Waals surface area contributed by atoms with Gasteiger partial charge in [-0.05, 0) is 45.1 Å². The van der Waals surface area contributed by atoms with Crippen LogP contribution in [0.25, 0.3) is 0 Å². The van der Waals surface area contributed by atoms with Crippen LogP contribution in [0.1, 0.15) is 68.5 Å². The van der Waals surface area contributed by atoms with Crippen LogP contribution in [0.2, 0.25) is 0 Å². The minimum Gasteiger partial charge on any atom is -0.393 e. The van der Waals surface area contributed by atoms with E-state index in [9.17, 15) is 5.11 Å². The van der Waals surface area contributed by atoms with Crippen molar-refractivity contribution in [3.05, 3.63) is 16.1 Å². The van der Waals surface area contributed by atoms with Crippen molar-refractivity contribution in [3.8, 4) is 0 Å². The predicted molar refractivity (Wildman–Crippen MR) is 87.6 cm³/mol. The van der Waals surface area contributed by atoms with Gasteiger partial charge in [-0.25, -0.2) is 4.98 Å². The molecule has 2 fully saturated rings. The number of aliphatic hydroxyl groups excluding tert-OH is 1. The van der Waals surface area contributed by atoms with Crippen LogP contribution in [-0.4, -0.2) is 34.2 Å². The Balaban J connectivity index is 1.56. The molecule has 0 amide bonds. The summed E-state index contributed by atoms with van der Waals surface area (Å²) in [5.74, 6) is 1.17. The summed E-state index contributed by atoms with van der Waals surface area (Å²) in [5.41, 5.74) is 1.24. The van der Waals surface area contributed by atoms with E-state index in [2.05, 4.69) is 10.3 Å². The maximum absolute atomic E-state index is 9.80. The molecule has 0 aromatic carbocycles. The van der Waals surface area contributed by atoms with E-state index in [1.807, 2.05) is 18.3 Å². The zero-order valence-electron chi connectivity index (χ0n) is 13.1. The Hall–Kier alpha value is -0.450. The second-order valence-electron chi connectivity index (χ2n) is 6.89. The maximum atomic E-state index is 9.80. The third-order valence-corrected chi connectivity index (χ3v) is 6.19. The van der Waals surface area contributed by atoms with Crippen molar-refractivity contribution in [1.29, 1.82) is 0 Å². The standard InChI is InChI=1S/C17H28N2OS/c1-13(20)15-8-5-9-19(10-15)11-16-12-21-17(18-16)14-6-3-2-4-7-14/h12-15,20H,2-11H2,1H3. The largest absolute Gasteiger partial charge is 0.393 e. The molecule has 1 aliphatic carbocycles. The molecule has 2 aliphatic rings. The number of likely N-dealkylation sites (tertiary alicyclic amines) is 1.